The second-order valence-corrected chi connectivity index (χ2v) is 6.32. The van der Waals surface area contributed by atoms with Crippen LogP contribution in [0.2, 0.25) is 0 Å². The van der Waals surface area contributed by atoms with Crippen molar-refractivity contribution >= 4 is 10.1 Å². The van der Waals surface area contributed by atoms with Crippen LogP contribution >= 0.6 is 0 Å². The second kappa shape index (κ2) is 11.0. The Balaban J connectivity index is 3.24. The van der Waals surface area contributed by atoms with Gasteiger partial charge in [0.25, 0.3) is 10.1 Å². The fourth-order valence-corrected chi connectivity index (χ4v) is 2.72. The maximum atomic E-state index is 11.2. The summed E-state index contributed by atoms with van der Waals surface area (Å²) in [5.74, 6) is 0.143. The minimum absolute atomic E-state index is 0.143. The predicted molar refractivity (Wildman–Crippen MR) is 72.6 cm³/mol. The highest BCUT2D eigenvalue weighted by molar-refractivity contribution is 7.86. The number of rotatable bonds is 12. The maximum Gasteiger partial charge on any atom is 0.267 e. The molecule has 0 saturated carbocycles. The first-order chi connectivity index (χ1) is 8.12. The molecule has 0 bridgehead atoms. The van der Waals surface area contributed by atoms with Crippen LogP contribution in [0.5, 0.6) is 0 Å². The molecule has 0 atom stereocenters. The number of hydrogen-bond acceptors (Lipinski definition) is 3. The molecule has 4 heteroatoms. The van der Waals surface area contributed by atoms with Gasteiger partial charge in [-0.1, -0.05) is 58.8 Å². The Morgan fingerprint density at radius 2 is 1.29 bits per heavy atom. The molecule has 0 aromatic heterocycles. The highest BCUT2D eigenvalue weighted by Crippen LogP contribution is 2.09. The third kappa shape index (κ3) is 12.2. The van der Waals surface area contributed by atoms with E-state index < -0.39 is 10.1 Å². The molecule has 3 nitrogen and oxygen atoms in total. The van der Waals surface area contributed by atoms with Crippen LogP contribution in [-0.4, -0.2) is 20.8 Å². The fourth-order valence-electron chi connectivity index (χ4n) is 1.73. The monoisotopic (exact) mass is 264 g/mol. The summed E-state index contributed by atoms with van der Waals surface area (Å²) in [6.45, 7) is 4.42. The van der Waals surface area contributed by atoms with Crippen molar-refractivity contribution in [2.24, 2.45) is 0 Å². The SMILES string of the molecule is CCCCCCCCCCOS(=O)(=O)CCC. The molecule has 0 heterocycles. The summed E-state index contributed by atoms with van der Waals surface area (Å²) in [5, 5.41) is 0. The molecule has 0 unspecified atom stereocenters. The van der Waals surface area contributed by atoms with Crippen LogP contribution in [0.25, 0.3) is 0 Å². The van der Waals surface area contributed by atoms with Crippen molar-refractivity contribution in [1.29, 1.82) is 0 Å². The largest absolute Gasteiger partial charge is 0.270 e. The number of unbranched alkanes of at least 4 members (excludes halogenated alkanes) is 7. The van der Waals surface area contributed by atoms with Gasteiger partial charge in [0.1, 0.15) is 0 Å². The van der Waals surface area contributed by atoms with Crippen molar-refractivity contribution in [1.82, 2.24) is 0 Å². The summed E-state index contributed by atoms with van der Waals surface area (Å²) in [4.78, 5) is 0. The molecule has 0 fully saturated rings. The van der Waals surface area contributed by atoms with E-state index in [9.17, 15) is 8.42 Å². The van der Waals surface area contributed by atoms with Crippen molar-refractivity contribution in [3.05, 3.63) is 0 Å². The standard InChI is InChI=1S/C13H28O3S/c1-3-5-6-7-8-9-10-11-12-16-17(14,15)13-4-2/h3-13H2,1-2H3. The Morgan fingerprint density at radius 1 is 0.765 bits per heavy atom. The summed E-state index contributed by atoms with van der Waals surface area (Å²) >= 11 is 0. The Bertz CT molecular complexity index is 247. The van der Waals surface area contributed by atoms with Crippen LogP contribution in [0.15, 0.2) is 0 Å². The minimum atomic E-state index is -3.24. The smallest absolute Gasteiger partial charge is 0.267 e. The molecular formula is C13H28O3S. The zero-order valence-corrected chi connectivity index (χ0v) is 12.2. The van der Waals surface area contributed by atoms with Gasteiger partial charge in [-0.3, -0.25) is 4.18 Å². The lowest BCUT2D eigenvalue weighted by atomic mass is 10.1. The quantitative estimate of drug-likeness (QED) is 0.397. The second-order valence-electron chi connectivity index (χ2n) is 4.56. The van der Waals surface area contributed by atoms with Crippen LogP contribution in [0.4, 0.5) is 0 Å². The Kier molecular flexibility index (Phi) is 11.0. The molecule has 17 heavy (non-hydrogen) atoms. The molecule has 0 radical (unpaired) electrons. The molecule has 0 aliphatic carbocycles. The van der Waals surface area contributed by atoms with E-state index in [0.717, 1.165) is 12.8 Å². The maximum absolute atomic E-state index is 11.2. The normalized spacial score (nSPS) is 11.9. The van der Waals surface area contributed by atoms with Crippen molar-refractivity contribution in [2.75, 3.05) is 12.4 Å². The first kappa shape index (κ1) is 16.9. The van der Waals surface area contributed by atoms with Crippen molar-refractivity contribution in [2.45, 2.75) is 71.6 Å². The van der Waals surface area contributed by atoms with Gasteiger partial charge >= 0.3 is 0 Å². The van der Waals surface area contributed by atoms with Crippen LogP contribution in [0.1, 0.15) is 71.6 Å². The molecule has 0 aliphatic rings. The van der Waals surface area contributed by atoms with Gasteiger partial charge in [-0.05, 0) is 12.8 Å². The van der Waals surface area contributed by atoms with E-state index in [-0.39, 0.29) is 5.75 Å². The van der Waals surface area contributed by atoms with E-state index >= 15 is 0 Å². The molecule has 0 spiro atoms. The summed E-state index contributed by atoms with van der Waals surface area (Å²) in [6, 6.07) is 0. The van der Waals surface area contributed by atoms with Gasteiger partial charge in [0.2, 0.25) is 0 Å². The van der Waals surface area contributed by atoms with Crippen molar-refractivity contribution in [3.63, 3.8) is 0 Å². The molecule has 0 aromatic carbocycles. The topological polar surface area (TPSA) is 43.4 Å². The lowest BCUT2D eigenvalue weighted by Gasteiger charge is -2.04. The van der Waals surface area contributed by atoms with Gasteiger partial charge < -0.3 is 0 Å². The Labute approximate surface area is 107 Å². The van der Waals surface area contributed by atoms with Gasteiger partial charge in [-0.25, -0.2) is 0 Å². The van der Waals surface area contributed by atoms with Crippen molar-refractivity contribution < 1.29 is 12.6 Å². The summed E-state index contributed by atoms with van der Waals surface area (Å²) < 4.78 is 27.3. The lowest BCUT2D eigenvalue weighted by molar-refractivity contribution is 0.306. The van der Waals surface area contributed by atoms with Gasteiger partial charge in [0, 0.05) is 0 Å². The predicted octanol–water partition coefficient (Wildman–Crippen LogP) is 3.88. The van der Waals surface area contributed by atoms with Crippen LogP contribution in [0.3, 0.4) is 0 Å². The zero-order chi connectivity index (χ0) is 13.0. The van der Waals surface area contributed by atoms with Crippen LogP contribution in [0, 0.1) is 0 Å². The van der Waals surface area contributed by atoms with E-state index in [1.54, 1.807) is 0 Å². The highest BCUT2D eigenvalue weighted by atomic mass is 32.2. The van der Waals surface area contributed by atoms with Gasteiger partial charge in [-0.2, -0.15) is 8.42 Å². The van der Waals surface area contributed by atoms with E-state index in [1.807, 2.05) is 6.92 Å². The first-order valence-electron chi connectivity index (χ1n) is 6.99. The molecule has 0 aliphatic heterocycles. The Morgan fingerprint density at radius 3 is 1.82 bits per heavy atom. The average Bonchev–Trinajstić information content (AvgIpc) is 2.27. The van der Waals surface area contributed by atoms with Gasteiger partial charge in [-0.15, -0.1) is 0 Å². The summed E-state index contributed by atoms with van der Waals surface area (Å²) in [5.41, 5.74) is 0. The average molecular weight is 264 g/mol. The minimum Gasteiger partial charge on any atom is -0.270 e. The van der Waals surface area contributed by atoms with Crippen LogP contribution < -0.4 is 0 Å². The van der Waals surface area contributed by atoms with E-state index in [4.69, 9.17) is 4.18 Å². The fraction of sp³-hybridized carbons (Fsp3) is 1.00. The third-order valence-electron chi connectivity index (χ3n) is 2.71. The molecule has 104 valence electrons. The van der Waals surface area contributed by atoms with Crippen LogP contribution in [-0.2, 0) is 14.3 Å². The van der Waals surface area contributed by atoms with Crippen molar-refractivity contribution in [3.8, 4) is 0 Å². The van der Waals surface area contributed by atoms with Gasteiger partial charge in [0.15, 0.2) is 0 Å². The summed E-state index contributed by atoms with van der Waals surface area (Å²) in [7, 11) is -3.24. The molecule has 0 amide bonds. The zero-order valence-electron chi connectivity index (χ0n) is 11.4. The molecular weight excluding hydrogens is 236 g/mol. The third-order valence-corrected chi connectivity index (χ3v) is 4.15. The van der Waals surface area contributed by atoms with E-state index in [0.29, 0.717) is 13.0 Å². The first-order valence-corrected chi connectivity index (χ1v) is 8.57. The lowest BCUT2D eigenvalue weighted by Crippen LogP contribution is -2.10. The number of hydrogen-bond donors (Lipinski definition) is 0. The molecule has 0 aromatic rings. The van der Waals surface area contributed by atoms with E-state index in [2.05, 4.69) is 6.92 Å². The molecule has 0 rings (SSSR count). The Hall–Kier alpha value is -0.0900. The highest BCUT2D eigenvalue weighted by Gasteiger charge is 2.08. The van der Waals surface area contributed by atoms with E-state index in [1.165, 1.54) is 38.5 Å². The molecule has 0 saturated heterocycles. The molecule has 0 N–H and O–H groups in total. The van der Waals surface area contributed by atoms with Gasteiger partial charge in [0.05, 0.1) is 12.4 Å². The summed E-state index contributed by atoms with van der Waals surface area (Å²) in [6.07, 6.45) is 10.3.